The first-order valence-corrected chi connectivity index (χ1v) is 11.4. The van der Waals surface area contributed by atoms with Crippen LogP contribution in [0.5, 0.6) is 0 Å². The topological polar surface area (TPSA) is 62.5 Å². The largest absolute Gasteiger partial charge is 0.481 e. The number of benzene rings is 2. The first-order valence-electron chi connectivity index (χ1n) is 11.0. The van der Waals surface area contributed by atoms with E-state index in [1.165, 1.54) is 11.1 Å². The Labute approximate surface area is 200 Å². The van der Waals surface area contributed by atoms with Gasteiger partial charge >= 0.3 is 5.97 Å². The summed E-state index contributed by atoms with van der Waals surface area (Å²) in [4.78, 5) is 9.94. The number of fused-ring (bicyclic) bond motifs is 1. The number of nitrogens with one attached hydrogen (secondary N) is 1. The fourth-order valence-electron chi connectivity index (χ4n) is 3.39. The number of carboxylic acid groups (broad SMARTS) is 1. The van der Waals surface area contributed by atoms with Crippen molar-refractivity contribution in [2.45, 2.75) is 27.2 Å². The molecule has 2 heterocycles. The van der Waals surface area contributed by atoms with Gasteiger partial charge in [-0.15, -0.1) is 0 Å². The molecule has 0 atom stereocenters. The van der Waals surface area contributed by atoms with E-state index in [0.29, 0.717) is 13.1 Å². The van der Waals surface area contributed by atoms with Crippen molar-refractivity contribution in [3.8, 4) is 0 Å². The van der Waals surface area contributed by atoms with Crippen LogP contribution in [0, 0.1) is 5.92 Å². The van der Waals surface area contributed by atoms with Crippen LogP contribution < -0.4 is 5.32 Å². The van der Waals surface area contributed by atoms with Gasteiger partial charge in [-0.25, -0.2) is 0 Å². The highest BCUT2D eigenvalue weighted by Gasteiger charge is 2.23. The number of rotatable bonds is 6. The summed E-state index contributed by atoms with van der Waals surface area (Å²) in [7, 11) is 0. The molecular weight excluding hydrogens is 434 g/mol. The fourth-order valence-corrected chi connectivity index (χ4v) is 3.56. The predicted octanol–water partition coefficient (Wildman–Crippen LogP) is 6.81. The number of hydrogen-bond donors (Lipinski definition) is 2. The Hall–Kier alpha value is -3.08. The lowest BCUT2D eigenvalue weighted by Gasteiger charge is -2.21. The minimum absolute atomic E-state index is 0.111. The van der Waals surface area contributed by atoms with Gasteiger partial charge in [-0.1, -0.05) is 60.2 Å². The quantitative estimate of drug-likeness (QED) is 0.394. The Morgan fingerprint density at radius 1 is 1.06 bits per heavy atom. The molecule has 172 valence electrons. The summed E-state index contributed by atoms with van der Waals surface area (Å²) in [6.07, 6.45) is 6.99. The molecule has 2 N–H and O–H groups in total. The lowest BCUT2D eigenvalue weighted by Crippen LogP contribution is -2.46. The molecule has 5 heteroatoms. The van der Waals surface area contributed by atoms with Crippen LogP contribution in [0.4, 0.5) is 0 Å². The van der Waals surface area contributed by atoms with Crippen molar-refractivity contribution in [2.75, 3.05) is 13.1 Å². The lowest BCUT2D eigenvalue weighted by molar-refractivity contribution is -0.143. The molecule has 4 nitrogen and oxygen atoms in total. The zero-order valence-corrected chi connectivity index (χ0v) is 20.0. The maximum atomic E-state index is 9.94. The van der Waals surface area contributed by atoms with Crippen LogP contribution in [0.1, 0.15) is 37.7 Å². The van der Waals surface area contributed by atoms with Crippen LogP contribution in [-0.4, -0.2) is 24.2 Å². The lowest BCUT2D eigenvalue weighted by atomic mass is 10.0. The number of carboxylic acids is 1. The third-order valence-corrected chi connectivity index (χ3v) is 5.48. The van der Waals surface area contributed by atoms with Crippen molar-refractivity contribution in [3.63, 3.8) is 0 Å². The number of aliphatic carboxylic acids is 1. The minimum Gasteiger partial charge on any atom is -0.481 e. The third-order valence-electron chi connectivity index (χ3n) is 5.37. The SMILES string of the molecule is CC(=C/C=C(\C)c1cc2cc(Cc3ccccc3)ccc2o1)/C=C(\C)Cl.O=C(O)C1CNC1. The van der Waals surface area contributed by atoms with Crippen molar-refractivity contribution in [2.24, 2.45) is 5.92 Å². The van der Waals surface area contributed by atoms with E-state index in [-0.39, 0.29) is 5.92 Å². The Bertz CT molecular complexity index is 1180. The van der Waals surface area contributed by atoms with Crippen molar-refractivity contribution >= 4 is 34.1 Å². The van der Waals surface area contributed by atoms with Crippen molar-refractivity contribution in [1.82, 2.24) is 5.32 Å². The van der Waals surface area contributed by atoms with Gasteiger partial charge in [0, 0.05) is 23.5 Å². The monoisotopic (exact) mass is 463 g/mol. The van der Waals surface area contributed by atoms with E-state index in [2.05, 4.69) is 72.9 Å². The number of allylic oxidation sites excluding steroid dienone is 6. The molecule has 1 aliphatic heterocycles. The second-order valence-corrected chi connectivity index (χ2v) is 8.93. The smallest absolute Gasteiger partial charge is 0.309 e. The highest BCUT2D eigenvalue weighted by Crippen LogP contribution is 2.26. The van der Waals surface area contributed by atoms with E-state index in [9.17, 15) is 4.79 Å². The van der Waals surface area contributed by atoms with E-state index in [1.807, 2.05) is 26.0 Å². The molecule has 3 aromatic rings. The zero-order valence-electron chi connectivity index (χ0n) is 19.3. The average Bonchev–Trinajstić information content (AvgIpc) is 3.15. The molecule has 2 aromatic carbocycles. The summed E-state index contributed by atoms with van der Waals surface area (Å²) in [5.41, 5.74) is 5.72. The average molecular weight is 464 g/mol. The van der Waals surface area contributed by atoms with Crippen molar-refractivity contribution in [1.29, 1.82) is 0 Å². The number of furan rings is 1. The molecule has 0 amide bonds. The maximum absolute atomic E-state index is 9.94. The Kier molecular flexibility index (Phi) is 8.70. The third kappa shape index (κ3) is 7.48. The molecule has 33 heavy (non-hydrogen) atoms. The number of halogens is 1. The molecule has 0 saturated carbocycles. The molecule has 0 radical (unpaired) electrons. The van der Waals surface area contributed by atoms with Crippen LogP contribution in [0.3, 0.4) is 0 Å². The molecule has 0 unspecified atom stereocenters. The molecule has 1 saturated heterocycles. The van der Waals surface area contributed by atoms with Crippen LogP contribution in [0.25, 0.3) is 16.5 Å². The Balaban J connectivity index is 0.000000374. The van der Waals surface area contributed by atoms with Crippen LogP contribution >= 0.6 is 11.6 Å². The van der Waals surface area contributed by atoms with Crippen molar-refractivity contribution < 1.29 is 14.3 Å². The normalized spacial score (nSPS) is 15.1. The van der Waals surface area contributed by atoms with E-state index < -0.39 is 5.97 Å². The van der Waals surface area contributed by atoms with Gasteiger partial charge in [0.25, 0.3) is 0 Å². The van der Waals surface area contributed by atoms with E-state index in [1.54, 1.807) is 0 Å². The van der Waals surface area contributed by atoms with Crippen molar-refractivity contribution in [3.05, 3.63) is 100 Å². The van der Waals surface area contributed by atoms with Crippen LogP contribution in [0.15, 0.2) is 87.8 Å². The minimum atomic E-state index is -0.682. The highest BCUT2D eigenvalue weighted by atomic mass is 35.5. The molecular formula is C28H30ClNO3. The Morgan fingerprint density at radius 3 is 2.36 bits per heavy atom. The van der Waals surface area contributed by atoms with Gasteiger partial charge in [-0.2, -0.15) is 0 Å². The number of hydrogen-bond acceptors (Lipinski definition) is 3. The van der Waals surface area contributed by atoms with Gasteiger partial charge in [0.05, 0.1) is 5.92 Å². The second-order valence-electron chi connectivity index (χ2n) is 8.33. The highest BCUT2D eigenvalue weighted by molar-refractivity contribution is 6.29. The van der Waals surface area contributed by atoms with E-state index in [4.69, 9.17) is 21.1 Å². The first kappa shape index (κ1) is 24.6. The summed E-state index contributed by atoms with van der Waals surface area (Å²) >= 11 is 5.91. The number of carbonyl (C=O) groups is 1. The first-order chi connectivity index (χ1) is 15.8. The molecule has 1 aromatic heterocycles. The molecule has 1 fully saturated rings. The molecule has 0 spiro atoms. The van der Waals surface area contributed by atoms with Gasteiger partial charge in [-0.3, -0.25) is 4.79 Å². The predicted molar refractivity (Wildman–Crippen MR) is 136 cm³/mol. The Morgan fingerprint density at radius 2 is 1.79 bits per heavy atom. The second kappa shape index (κ2) is 11.7. The van der Waals surface area contributed by atoms with Gasteiger partial charge in [0.15, 0.2) is 0 Å². The van der Waals surface area contributed by atoms with Crippen LogP contribution in [-0.2, 0) is 11.2 Å². The van der Waals surface area contributed by atoms with Gasteiger partial charge < -0.3 is 14.8 Å². The fraction of sp³-hybridized carbons (Fsp3) is 0.250. The summed E-state index contributed by atoms with van der Waals surface area (Å²) in [6.45, 7) is 7.26. The molecule has 4 rings (SSSR count). The maximum Gasteiger partial charge on any atom is 0.309 e. The molecule has 0 aliphatic carbocycles. The summed E-state index contributed by atoms with van der Waals surface area (Å²) < 4.78 is 6.01. The van der Waals surface area contributed by atoms with Gasteiger partial charge in [0.1, 0.15) is 11.3 Å². The molecule has 0 bridgehead atoms. The molecule has 1 aliphatic rings. The van der Waals surface area contributed by atoms with E-state index >= 15 is 0 Å². The summed E-state index contributed by atoms with van der Waals surface area (Å²) in [6, 6.07) is 19.0. The van der Waals surface area contributed by atoms with Gasteiger partial charge in [-0.05, 0) is 73.7 Å². The van der Waals surface area contributed by atoms with E-state index in [0.717, 1.165) is 39.3 Å². The van der Waals surface area contributed by atoms with Crippen LogP contribution in [0.2, 0.25) is 0 Å². The zero-order chi connectivity index (χ0) is 23.8. The summed E-state index contributed by atoms with van der Waals surface area (Å²) in [5, 5.41) is 13.0. The standard InChI is InChI=1S/C24H23ClO.C4H7NO2/c1-17(13-19(3)25)9-10-18(2)24-16-22-15-21(11-12-23(22)26-24)14-20-7-5-4-6-8-20;6-4(7)3-1-5-2-3/h4-13,15-16H,14H2,1-3H3;3,5H,1-2H2,(H,6,7)/b17-9-,18-10+,19-13+;. The summed E-state index contributed by atoms with van der Waals surface area (Å²) in [5.74, 6) is 0.103. The van der Waals surface area contributed by atoms with Gasteiger partial charge in [0.2, 0.25) is 0 Å².